The van der Waals surface area contributed by atoms with E-state index in [9.17, 15) is 22.4 Å². The van der Waals surface area contributed by atoms with Gasteiger partial charge in [-0.15, -0.1) is 0 Å². The fourth-order valence-corrected chi connectivity index (χ4v) is 6.72. The number of pyridine rings is 1. The number of esters is 1. The highest BCUT2D eigenvalue weighted by molar-refractivity contribution is 5.91. The molecule has 0 unspecified atom stereocenters. The molecular weight excluding hydrogens is 644 g/mol. The molecule has 0 spiro atoms. The number of aromatic amines is 1. The van der Waals surface area contributed by atoms with Crippen LogP contribution in [0.15, 0.2) is 36.7 Å². The first-order chi connectivity index (χ1) is 23.5. The van der Waals surface area contributed by atoms with Gasteiger partial charge in [-0.1, -0.05) is 6.42 Å². The number of benzene rings is 1. The summed E-state index contributed by atoms with van der Waals surface area (Å²) in [4.78, 5) is 37.7. The highest BCUT2D eigenvalue weighted by Gasteiger charge is 2.38. The van der Waals surface area contributed by atoms with E-state index in [1.165, 1.54) is 0 Å². The molecule has 6 rings (SSSR count). The minimum atomic E-state index is -4.72. The van der Waals surface area contributed by atoms with Crippen molar-refractivity contribution >= 4 is 28.6 Å². The molecule has 11 nitrogen and oxygen atoms in total. The zero-order chi connectivity index (χ0) is 34.8. The Bertz CT molecular complexity index is 1770. The number of fused-ring (bicyclic) bond motifs is 1. The molecule has 15 heteroatoms. The normalized spacial score (nSPS) is 16.5. The van der Waals surface area contributed by atoms with Gasteiger partial charge in [-0.2, -0.15) is 13.2 Å². The number of aromatic nitrogens is 5. The number of imidazole rings is 1. The first kappa shape index (κ1) is 34.5. The summed E-state index contributed by atoms with van der Waals surface area (Å²) in [6.07, 6.45) is 3.30. The number of methoxy groups -OCH3 is 1. The molecule has 4 aromatic rings. The lowest BCUT2D eigenvalue weighted by atomic mass is 9.69. The lowest BCUT2D eigenvalue weighted by Gasteiger charge is -2.44. The number of carbonyl (C=O) groups is 1. The molecule has 2 aliphatic rings. The number of hydrogen-bond donors (Lipinski definition) is 2. The Hall–Kier alpha value is -4.37. The fourth-order valence-electron chi connectivity index (χ4n) is 6.72. The van der Waals surface area contributed by atoms with Crippen molar-refractivity contribution in [3.8, 4) is 22.8 Å². The van der Waals surface area contributed by atoms with Gasteiger partial charge in [0.15, 0.2) is 11.5 Å². The second-order valence-corrected chi connectivity index (χ2v) is 12.9. The SMILES string of the molecule is CCOC(=O)CNC1CCN(c2cnc(-c3nc4nc(-c5cc(F)cc(C(F)(F)F)c5)cc(N(C)CC5(COC)CCC5)c4[nH]3)cn2)CC1. The number of hydrogen-bond acceptors (Lipinski definition) is 10. The molecule has 1 saturated heterocycles. The predicted octanol–water partition coefficient (Wildman–Crippen LogP) is 5.61. The maximum atomic E-state index is 14.5. The van der Waals surface area contributed by atoms with E-state index < -0.39 is 17.6 Å². The van der Waals surface area contributed by atoms with Gasteiger partial charge in [0.05, 0.1) is 49.1 Å². The van der Waals surface area contributed by atoms with Crippen LogP contribution in [0.5, 0.6) is 0 Å². The predicted molar refractivity (Wildman–Crippen MR) is 177 cm³/mol. The van der Waals surface area contributed by atoms with Gasteiger partial charge in [0, 0.05) is 50.8 Å². The van der Waals surface area contributed by atoms with E-state index in [2.05, 4.69) is 35.1 Å². The molecule has 1 saturated carbocycles. The lowest BCUT2D eigenvalue weighted by molar-refractivity contribution is -0.142. The topological polar surface area (TPSA) is 121 Å². The third kappa shape index (κ3) is 7.77. The van der Waals surface area contributed by atoms with Crippen molar-refractivity contribution in [3.05, 3.63) is 48.0 Å². The quantitative estimate of drug-likeness (QED) is 0.144. The lowest BCUT2D eigenvalue weighted by Crippen LogP contribution is -2.44. The molecule has 0 atom stereocenters. The Balaban J connectivity index is 1.27. The molecule has 2 N–H and O–H groups in total. The van der Waals surface area contributed by atoms with Crippen LogP contribution in [0, 0.1) is 11.2 Å². The minimum Gasteiger partial charge on any atom is -0.465 e. The molecular formula is C34H40F4N8O3. The Morgan fingerprint density at radius 2 is 1.88 bits per heavy atom. The van der Waals surface area contributed by atoms with Crippen LogP contribution < -0.4 is 15.1 Å². The van der Waals surface area contributed by atoms with Gasteiger partial charge in [-0.05, 0) is 56.9 Å². The van der Waals surface area contributed by atoms with Crippen LogP contribution >= 0.6 is 0 Å². The van der Waals surface area contributed by atoms with E-state index in [0.717, 1.165) is 57.3 Å². The number of nitrogens with one attached hydrogen (secondary N) is 2. The summed E-state index contributed by atoms with van der Waals surface area (Å²) in [6, 6.07) is 4.28. The van der Waals surface area contributed by atoms with Crippen LogP contribution in [-0.4, -0.2) is 90.5 Å². The van der Waals surface area contributed by atoms with E-state index in [1.807, 2.05) is 11.9 Å². The van der Waals surface area contributed by atoms with Gasteiger partial charge in [0.25, 0.3) is 0 Å². The van der Waals surface area contributed by atoms with Crippen LogP contribution in [0.1, 0.15) is 44.6 Å². The molecule has 262 valence electrons. The van der Waals surface area contributed by atoms with Crippen LogP contribution in [0.3, 0.4) is 0 Å². The molecule has 1 aliphatic heterocycles. The van der Waals surface area contributed by atoms with E-state index in [4.69, 9.17) is 9.47 Å². The fraction of sp³-hybridized carbons (Fsp3) is 0.500. The maximum Gasteiger partial charge on any atom is 0.416 e. The van der Waals surface area contributed by atoms with E-state index in [0.29, 0.717) is 54.4 Å². The van der Waals surface area contributed by atoms with E-state index in [1.54, 1.807) is 32.5 Å². The number of piperidine rings is 1. The standard InChI is InChI=1S/C34H40F4N8O3/c1-4-49-29(47)18-39-24-6-10-46(11-7-24)28-17-40-26(16-41-28)31-43-30-27(45(2)19-33(20-48-3)8-5-9-33)15-25(42-32(30)44-31)21-12-22(34(36,37)38)14-23(35)13-21/h12-17,24,39H,4-11,18-20H2,1-3H3,(H,42,43,44). The monoisotopic (exact) mass is 684 g/mol. The molecule has 0 amide bonds. The van der Waals surface area contributed by atoms with Crippen molar-refractivity contribution in [1.82, 2.24) is 30.2 Å². The summed E-state index contributed by atoms with van der Waals surface area (Å²) in [5.41, 5.74) is 0.945. The highest BCUT2D eigenvalue weighted by atomic mass is 19.4. The Morgan fingerprint density at radius 3 is 2.51 bits per heavy atom. The smallest absolute Gasteiger partial charge is 0.416 e. The van der Waals surface area contributed by atoms with Gasteiger partial charge in [-0.25, -0.2) is 24.3 Å². The average Bonchev–Trinajstić information content (AvgIpc) is 3.50. The van der Waals surface area contributed by atoms with Crippen LogP contribution in [0.2, 0.25) is 0 Å². The Labute approximate surface area is 281 Å². The average molecular weight is 685 g/mol. The Morgan fingerprint density at radius 1 is 1.10 bits per heavy atom. The largest absolute Gasteiger partial charge is 0.465 e. The number of ether oxygens (including phenoxy) is 2. The molecule has 2 fully saturated rings. The van der Waals surface area contributed by atoms with Gasteiger partial charge < -0.3 is 29.6 Å². The number of anilines is 2. The molecule has 3 aromatic heterocycles. The molecule has 1 aromatic carbocycles. The van der Waals surface area contributed by atoms with Crippen molar-refractivity contribution < 1.29 is 31.8 Å². The first-order valence-corrected chi connectivity index (χ1v) is 16.4. The number of nitrogens with zero attached hydrogens (tertiary/aromatic N) is 6. The van der Waals surface area contributed by atoms with Crippen LogP contribution in [0.4, 0.5) is 29.1 Å². The van der Waals surface area contributed by atoms with Crippen molar-refractivity contribution in [2.24, 2.45) is 5.41 Å². The van der Waals surface area contributed by atoms with Crippen LogP contribution in [0.25, 0.3) is 33.9 Å². The van der Waals surface area contributed by atoms with Crippen molar-refractivity contribution in [1.29, 1.82) is 0 Å². The second kappa shape index (κ2) is 14.2. The van der Waals surface area contributed by atoms with Crippen molar-refractivity contribution in [2.75, 3.05) is 63.4 Å². The van der Waals surface area contributed by atoms with Crippen molar-refractivity contribution in [3.63, 3.8) is 0 Å². The maximum absolute atomic E-state index is 14.5. The van der Waals surface area contributed by atoms with E-state index >= 15 is 0 Å². The third-order valence-corrected chi connectivity index (χ3v) is 9.35. The van der Waals surface area contributed by atoms with E-state index in [-0.39, 0.29) is 40.9 Å². The summed E-state index contributed by atoms with van der Waals surface area (Å²) in [7, 11) is 3.58. The number of halogens is 4. The zero-order valence-corrected chi connectivity index (χ0v) is 27.7. The molecule has 49 heavy (non-hydrogen) atoms. The second-order valence-electron chi connectivity index (χ2n) is 12.9. The summed E-state index contributed by atoms with van der Waals surface area (Å²) in [6.45, 7) is 5.01. The first-order valence-electron chi connectivity index (χ1n) is 16.4. The number of alkyl halides is 3. The number of carbonyl (C=O) groups excluding carboxylic acids is 1. The summed E-state index contributed by atoms with van der Waals surface area (Å²) >= 11 is 0. The van der Waals surface area contributed by atoms with Gasteiger partial charge in [-0.3, -0.25) is 4.79 Å². The van der Waals surface area contributed by atoms with Crippen molar-refractivity contribution in [2.45, 2.75) is 51.2 Å². The summed E-state index contributed by atoms with van der Waals surface area (Å²) in [5, 5.41) is 3.25. The van der Waals surface area contributed by atoms with Crippen LogP contribution in [-0.2, 0) is 20.4 Å². The zero-order valence-electron chi connectivity index (χ0n) is 27.7. The number of H-pyrrole nitrogens is 1. The summed E-state index contributed by atoms with van der Waals surface area (Å²) in [5.74, 6) is -0.175. The van der Waals surface area contributed by atoms with Gasteiger partial charge in [0.2, 0.25) is 0 Å². The molecule has 0 bridgehead atoms. The summed E-state index contributed by atoms with van der Waals surface area (Å²) < 4.78 is 65.8. The molecule has 4 heterocycles. The number of rotatable bonds is 12. The highest BCUT2D eigenvalue weighted by Crippen LogP contribution is 2.43. The van der Waals surface area contributed by atoms with Gasteiger partial charge >= 0.3 is 12.1 Å². The molecule has 1 aliphatic carbocycles. The molecule has 0 radical (unpaired) electrons. The Kier molecular flexibility index (Phi) is 10.0. The van der Waals surface area contributed by atoms with Gasteiger partial charge in [0.1, 0.15) is 22.8 Å². The minimum absolute atomic E-state index is 0.00678. The third-order valence-electron chi connectivity index (χ3n) is 9.35.